The predicted molar refractivity (Wildman–Crippen MR) is 76.6 cm³/mol. The number of nitrogens with zero attached hydrogens (tertiary/aromatic N) is 1. The van der Waals surface area contributed by atoms with Gasteiger partial charge >= 0.3 is 0 Å². The molecule has 1 aromatic carbocycles. The Bertz CT molecular complexity index is 454. The number of carbonyl (C=O) groups is 1. The molecule has 0 aromatic heterocycles. The van der Waals surface area contributed by atoms with Gasteiger partial charge in [0.2, 0.25) is 5.91 Å². The van der Waals surface area contributed by atoms with Gasteiger partial charge in [-0.2, -0.15) is 0 Å². The number of nitrogens with one attached hydrogen (secondary N) is 1. The summed E-state index contributed by atoms with van der Waals surface area (Å²) in [6.45, 7) is 7.61. The molecule has 0 bridgehead atoms. The number of hydrogen-bond donors (Lipinski definition) is 1. The van der Waals surface area contributed by atoms with E-state index in [1.807, 2.05) is 43.0 Å². The molecule has 0 saturated carbocycles. The van der Waals surface area contributed by atoms with E-state index in [9.17, 15) is 4.79 Å². The van der Waals surface area contributed by atoms with E-state index in [1.54, 1.807) is 7.11 Å². The Hall–Kier alpha value is -1.55. The number of amides is 1. The fourth-order valence-corrected chi connectivity index (χ4v) is 2.29. The lowest BCUT2D eigenvalue weighted by Gasteiger charge is -2.29. The van der Waals surface area contributed by atoms with E-state index in [0.717, 1.165) is 24.5 Å². The highest BCUT2D eigenvalue weighted by Gasteiger charge is 2.36. The van der Waals surface area contributed by atoms with Gasteiger partial charge in [0.1, 0.15) is 5.75 Å². The number of anilines is 1. The number of methoxy groups -OCH3 is 1. The third-order valence-corrected chi connectivity index (χ3v) is 3.55. The minimum Gasteiger partial charge on any atom is -0.497 e. The van der Waals surface area contributed by atoms with E-state index in [-0.39, 0.29) is 5.91 Å². The SMILES string of the molecule is COc1ccc(N2CC(C)CNC(C)(C)C2=O)cc1. The Kier molecular flexibility index (Phi) is 3.80. The van der Waals surface area contributed by atoms with E-state index in [2.05, 4.69) is 12.2 Å². The van der Waals surface area contributed by atoms with Gasteiger partial charge in [-0.1, -0.05) is 6.92 Å². The third kappa shape index (κ3) is 2.89. The summed E-state index contributed by atoms with van der Waals surface area (Å²) in [5, 5.41) is 3.33. The monoisotopic (exact) mass is 262 g/mol. The second-order valence-corrected chi connectivity index (χ2v) is 5.72. The first kappa shape index (κ1) is 13.9. The standard InChI is InChI=1S/C15H22N2O2/c1-11-9-16-15(2,3)14(18)17(10-11)12-5-7-13(19-4)8-6-12/h5-8,11,16H,9-10H2,1-4H3. The fourth-order valence-electron chi connectivity index (χ4n) is 2.29. The molecule has 0 spiro atoms. The normalized spacial score (nSPS) is 23.1. The lowest BCUT2D eigenvalue weighted by atomic mass is 10.0. The van der Waals surface area contributed by atoms with Gasteiger partial charge in [0, 0.05) is 18.8 Å². The van der Waals surface area contributed by atoms with Gasteiger partial charge < -0.3 is 15.0 Å². The largest absolute Gasteiger partial charge is 0.497 e. The van der Waals surface area contributed by atoms with Crippen molar-refractivity contribution in [2.75, 3.05) is 25.1 Å². The lowest BCUT2D eigenvalue weighted by molar-refractivity contribution is -0.123. The molecule has 1 aromatic rings. The summed E-state index contributed by atoms with van der Waals surface area (Å²) >= 11 is 0. The maximum atomic E-state index is 12.6. The highest BCUT2D eigenvalue weighted by molar-refractivity contribution is 6.00. The summed E-state index contributed by atoms with van der Waals surface area (Å²) in [5.74, 6) is 1.34. The first-order valence-electron chi connectivity index (χ1n) is 6.65. The fraction of sp³-hybridized carbons (Fsp3) is 0.533. The molecule has 19 heavy (non-hydrogen) atoms. The average Bonchev–Trinajstić information content (AvgIpc) is 2.51. The molecular weight excluding hydrogens is 240 g/mol. The van der Waals surface area contributed by atoms with Crippen LogP contribution in [0.3, 0.4) is 0 Å². The molecule has 104 valence electrons. The molecule has 2 rings (SSSR count). The second-order valence-electron chi connectivity index (χ2n) is 5.72. The smallest absolute Gasteiger partial charge is 0.246 e. The molecule has 1 atom stereocenters. The summed E-state index contributed by atoms with van der Waals surface area (Å²) in [4.78, 5) is 14.5. The molecule has 4 heteroatoms. The summed E-state index contributed by atoms with van der Waals surface area (Å²) in [6, 6.07) is 7.65. The zero-order valence-corrected chi connectivity index (χ0v) is 12.1. The Morgan fingerprint density at radius 1 is 1.32 bits per heavy atom. The van der Waals surface area contributed by atoms with Crippen molar-refractivity contribution < 1.29 is 9.53 Å². The van der Waals surface area contributed by atoms with Crippen molar-refractivity contribution in [1.82, 2.24) is 5.32 Å². The van der Waals surface area contributed by atoms with E-state index < -0.39 is 5.54 Å². The van der Waals surface area contributed by atoms with Crippen molar-refractivity contribution in [3.8, 4) is 5.75 Å². The van der Waals surface area contributed by atoms with Gasteiger partial charge in [-0.3, -0.25) is 4.79 Å². The van der Waals surface area contributed by atoms with Crippen LogP contribution in [0.25, 0.3) is 0 Å². The maximum Gasteiger partial charge on any atom is 0.246 e. The molecule has 1 fully saturated rings. The van der Waals surface area contributed by atoms with Crippen LogP contribution in [0.1, 0.15) is 20.8 Å². The number of ether oxygens (including phenoxy) is 1. The Labute approximate surface area is 114 Å². The summed E-state index contributed by atoms with van der Waals surface area (Å²) in [6.07, 6.45) is 0. The van der Waals surface area contributed by atoms with Crippen LogP contribution in [0.2, 0.25) is 0 Å². The quantitative estimate of drug-likeness (QED) is 0.887. The van der Waals surface area contributed by atoms with Crippen LogP contribution < -0.4 is 15.0 Å². The molecule has 4 nitrogen and oxygen atoms in total. The Morgan fingerprint density at radius 2 is 1.95 bits per heavy atom. The lowest BCUT2D eigenvalue weighted by Crippen LogP contribution is -2.51. The van der Waals surface area contributed by atoms with E-state index >= 15 is 0 Å². The van der Waals surface area contributed by atoms with Crippen LogP contribution in [-0.2, 0) is 4.79 Å². The van der Waals surface area contributed by atoms with Crippen LogP contribution in [0.15, 0.2) is 24.3 Å². The van der Waals surface area contributed by atoms with Crippen LogP contribution in [0, 0.1) is 5.92 Å². The zero-order valence-electron chi connectivity index (χ0n) is 12.1. The van der Waals surface area contributed by atoms with Crippen molar-refractivity contribution in [3.05, 3.63) is 24.3 Å². The molecule has 1 amide bonds. The number of carbonyl (C=O) groups excluding carboxylic acids is 1. The van der Waals surface area contributed by atoms with E-state index in [1.165, 1.54) is 0 Å². The number of benzene rings is 1. The second kappa shape index (κ2) is 5.21. The van der Waals surface area contributed by atoms with Gasteiger partial charge in [0.15, 0.2) is 0 Å². The highest BCUT2D eigenvalue weighted by Crippen LogP contribution is 2.24. The molecule has 1 saturated heterocycles. The summed E-state index contributed by atoms with van der Waals surface area (Å²) in [5.41, 5.74) is 0.402. The molecule has 1 unspecified atom stereocenters. The summed E-state index contributed by atoms with van der Waals surface area (Å²) < 4.78 is 5.15. The van der Waals surface area contributed by atoms with Crippen molar-refractivity contribution in [2.45, 2.75) is 26.3 Å². The molecule has 1 aliphatic rings. The van der Waals surface area contributed by atoms with Gasteiger partial charge in [-0.15, -0.1) is 0 Å². The summed E-state index contributed by atoms with van der Waals surface area (Å²) in [7, 11) is 1.64. The Balaban J connectivity index is 2.31. The number of rotatable bonds is 2. The van der Waals surface area contributed by atoms with Gasteiger partial charge in [-0.25, -0.2) is 0 Å². The third-order valence-electron chi connectivity index (χ3n) is 3.55. The Morgan fingerprint density at radius 3 is 2.53 bits per heavy atom. The average molecular weight is 262 g/mol. The van der Waals surface area contributed by atoms with Gasteiger partial charge in [0.25, 0.3) is 0 Å². The zero-order chi connectivity index (χ0) is 14.0. The highest BCUT2D eigenvalue weighted by atomic mass is 16.5. The molecular formula is C15H22N2O2. The first-order valence-corrected chi connectivity index (χ1v) is 6.65. The van der Waals surface area contributed by atoms with Crippen LogP contribution in [0.4, 0.5) is 5.69 Å². The minimum atomic E-state index is -0.523. The van der Waals surface area contributed by atoms with Gasteiger partial charge in [0.05, 0.1) is 12.6 Å². The van der Waals surface area contributed by atoms with E-state index in [0.29, 0.717) is 5.92 Å². The number of hydrogen-bond acceptors (Lipinski definition) is 3. The van der Waals surface area contributed by atoms with Crippen molar-refractivity contribution in [3.63, 3.8) is 0 Å². The van der Waals surface area contributed by atoms with E-state index in [4.69, 9.17) is 4.74 Å². The van der Waals surface area contributed by atoms with Crippen molar-refractivity contribution in [1.29, 1.82) is 0 Å². The van der Waals surface area contributed by atoms with Crippen molar-refractivity contribution >= 4 is 11.6 Å². The molecule has 1 heterocycles. The van der Waals surface area contributed by atoms with Gasteiger partial charge in [-0.05, 0) is 44.0 Å². The van der Waals surface area contributed by atoms with Crippen LogP contribution >= 0.6 is 0 Å². The van der Waals surface area contributed by atoms with Crippen LogP contribution in [-0.4, -0.2) is 31.6 Å². The first-order chi connectivity index (χ1) is 8.94. The predicted octanol–water partition coefficient (Wildman–Crippen LogP) is 2.05. The van der Waals surface area contributed by atoms with Crippen molar-refractivity contribution in [2.24, 2.45) is 5.92 Å². The molecule has 0 aliphatic carbocycles. The maximum absolute atomic E-state index is 12.6. The topological polar surface area (TPSA) is 41.6 Å². The molecule has 1 aliphatic heterocycles. The molecule has 0 radical (unpaired) electrons. The molecule has 1 N–H and O–H groups in total. The minimum absolute atomic E-state index is 0.113. The van der Waals surface area contributed by atoms with Crippen LogP contribution in [0.5, 0.6) is 5.75 Å².